The zero-order valence-electron chi connectivity index (χ0n) is 10.4. The Morgan fingerprint density at radius 3 is 2.88 bits per heavy atom. The number of nitrogens with two attached hydrogens (primary N) is 1. The molecule has 2 aliphatic heterocycles. The van der Waals surface area contributed by atoms with Gasteiger partial charge in [0.05, 0.1) is 11.7 Å². The highest BCUT2D eigenvalue weighted by atomic mass is 15.3. The third-order valence-corrected chi connectivity index (χ3v) is 3.97. The highest BCUT2D eigenvalue weighted by Crippen LogP contribution is 2.28. The van der Waals surface area contributed by atoms with Crippen molar-refractivity contribution in [2.75, 3.05) is 32.4 Å². The number of fused-ring (bicyclic) bond motifs is 1. The second kappa shape index (κ2) is 4.31. The van der Waals surface area contributed by atoms with E-state index < -0.39 is 0 Å². The summed E-state index contributed by atoms with van der Waals surface area (Å²) in [6.45, 7) is 4.27. The Balaban J connectivity index is 1.93. The zero-order valence-corrected chi connectivity index (χ0v) is 10.4. The van der Waals surface area contributed by atoms with Gasteiger partial charge in [-0.3, -0.25) is 4.68 Å². The van der Waals surface area contributed by atoms with Gasteiger partial charge in [0, 0.05) is 18.7 Å². The Bertz CT molecular complexity index is 405. The van der Waals surface area contributed by atoms with Gasteiger partial charge in [-0.05, 0) is 39.4 Å². The molecule has 0 bridgehead atoms. The SMILES string of the molecule is CN1CCc2c(N)nn(C3CCNCC3)c2C1. The van der Waals surface area contributed by atoms with E-state index in [9.17, 15) is 0 Å². The maximum Gasteiger partial charge on any atom is 0.149 e. The van der Waals surface area contributed by atoms with Crippen LogP contribution in [0.3, 0.4) is 0 Å². The predicted molar refractivity (Wildman–Crippen MR) is 67.8 cm³/mol. The summed E-state index contributed by atoms with van der Waals surface area (Å²) in [6.07, 6.45) is 3.37. The monoisotopic (exact) mass is 235 g/mol. The van der Waals surface area contributed by atoms with E-state index in [-0.39, 0.29) is 0 Å². The van der Waals surface area contributed by atoms with E-state index in [1.54, 1.807) is 0 Å². The fraction of sp³-hybridized carbons (Fsp3) is 0.750. The van der Waals surface area contributed by atoms with Crippen molar-refractivity contribution < 1.29 is 0 Å². The minimum absolute atomic E-state index is 0.536. The molecule has 5 nitrogen and oxygen atoms in total. The molecule has 0 radical (unpaired) electrons. The highest BCUT2D eigenvalue weighted by Gasteiger charge is 2.26. The van der Waals surface area contributed by atoms with E-state index in [2.05, 4.69) is 27.0 Å². The molecule has 0 unspecified atom stereocenters. The molecule has 94 valence electrons. The van der Waals surface area contributed by atoms with Crippen LogP contribution in [0.2, 0.25) is 0 Å². The van der Waals surface area contributed by atoms with Gasteiger partial charge in [0.15, 0.2) is 0 Å². The van der Waals surface area contributed by atoms with Crippen molar-refractivity contribution in [1.29, 1.82) is 0 Å². The van der Waals surface area contributed by atoms with Crippen molar-refractivity contribution in [1.82, 2.24) is 20.0 Å². The van der Waals surface area contributed by atoms with Crippen LogP contribution in [0.25, 0.3) is 0 Å². The lowest BCUT2D eigenvalue weighted by atomic mass is 10.0. The number of likely N-dealkylation sites (N-methyl/N-ethyl adjacent to an activating group) is 1. The lowest BCUT2D eigenvalue weighted by molar-refractivity contribution is 0.276. The first kappa shape index (κ1) is 11.0. The smallest absolute Gasteiger partial charge is 0.149 e. The molecule has 1 saturated heterocycles. The largest absolute Gasteiger partial charge is 0.382 e. The quantitative estimate of drug-likeness (QED) is 0.739. The normalized spacial score (nSPS) is 22.6. The molecule has 3 heterocycles. The number of aromatic nitrogens is 2. The number of piperidine rings is 1. The molecule has 0 atom stereocenters. The Hall–Kier alpha value is -1.07. The first-order valence-corrected chi connectivity index (χ1v) is 6.50. The molecule has 0 aliphatic carbocycles. The molecule has 1 aromatic heterocycles. The lowest BCUT2D eigenvalue weighted by Gasteiger charge is -2.28. The van der Waals surface area contributed by atoms with E-state index in [0.717, 1.165) is 51.3 Å². The van der Waals surface area contributed by atoms with Crippen LogP contribution >= 0.6 is 0 Å². The van der Waals surface area contributed by atoms with Crippen molar-refractivity contribution in [2.24, 2.45) is 0 Å². The van der Waals surface area contributed by atoms with Gasteiger partial charge < -0.3 is 16.0 Å². The van der Waals surface area contributed by atoms with Crippen molar-refractivity contribution in [3.05, 3.63) is 11.3 Å². The molecular weight excluding hydrogens is 214 g/mol. The van der Waals surface area contributed by atoms with Crippen LogP contribution in [-0.2, 0) is 13.0 Å². The number of nitrogens with zero attached hydrogens (tertiary/aromatic N) is 3. The molecule has 0 aromatic carbocycles. The van der Waals surface area contributed by atoms with Crippen molar-refractivity contribution in [3.8, 4) is 0 Å². The Labute approximate surface area is 102 Å². The summed E-state index contributed by atoms with van der Waals surface area (Å²) in [4.78, 5) is 2.35. The molecule has 0 saturated carbocycles. The summed E-state index contributed by atoms with van der Waals surface area (Å²) in [6, 6.07) is 0.536. The molecule has 0 spiro atoms. The fourth-order valence-corrected chi connectivity index (χ4v) is 2.95. The summed E-state index contributed by atoms with van der Waals surface area (Å²) < 4.78 is 2.21. The minimum atomic E-state index is 0.536. The Morgan fingerprint density at radius 2 is 2.12 bits per heavy atom. The van der Waals surface area contributed by atoms with Crippen LogP contribution in [0.4, 0.5) is 5.82 Å². The van der Waals surface area contributed by atoms with Gasteiger partial charge >= 0.3 is 0 Å². The van der Waals surface area contributed by atoms with Gasteiger partial charge in [-0.25, -0.2) is 0 Å². The lowest BCUT2D eigenvalue weighted by Crippen LogP contribution is -2.33. The number of hydrogen-bond acceptors (Lipinski definition) is 4. The van der Waals surface area contributed by atoms with Crippen LogP contribution in [0, 0.1) is 0 Å². The fourth-order valence-electron chi connectivity index (χ4n) is 2.95. The van der Waals surface area contributed by atoms with E-state index in [1.165, 1.54) is 11.3 Å². The van der Waals surface area contributed by atoms with E-state index in [0.29, 0.717) is 6.04 Å². The summed E-state index contributed by atoms with van der Waals surface area (Å²) in [5.41, 5.74) is 8.69. The van der Waals surface area contributed by atoms with Crippen molar-refractivity contribution in [2.45, 2.75) is 31.8 Å². The van der Waals surface area contributed by atoms with Gasteiger partial charge in [0.2, 0.25) is 0 Å². The second-order valence-electron chi connectivity index (χ2n) is 5.22. The summed E-state index contributed by atoms with van der Waals surface area (Å²) >= 11 is 0. The zero-order chi connectivity index (χ0) is 11.8. The topological polar surface area (TPSA) is 59.1 Å². The van der Waals surface area contributed by atoms with Crippen molar-refractivity contribution >= 4 is 5.82 Å². The summed E-state index contributed by atoms with van der Waals surface area (Å²) in [5, 5.41) is 7.99. The van der Waals surface area contributed by atoms with E-state index in [4.69, 9.17) is 5.73 Å². The first-order valence-electron chi connectivity index (χ1n) is 6.50. The third kappa shape index (κ3) is 1.93. The van der Waals surface area contributed by atoms with E-state index >= 15 is 0 Å². The first-order chi connectivity index (χ1) is 8.25. The molecule has 5 heteroatoms. The number of nitrogen functional groups attached to an aromatic ring is 1. The van der Waals surface area contributed by atoms with Gasteiger partial charge in [0.25, 0.3) is 0 Å². The molecule has 2 aliphatic rings. The number of hydrogen-bond donors (Lipinski definition) is 2. The van der Waals surface area contributed by atoms with Crippen LogP contribution in [0.5, 0.6) is 0 Å². The maximum atomic E-state index is 6.05. The van der Waals surface area contributed by atoms with E-state index in [1.807, 2.05) is 0 Å². The average Bonchev–Trinajstić information content (AvgIpc) is 2.67. The molecule has 3 rings (SSSR count). The number of nitrogens with one attached hydrogen (secondary N) is 1. The van der Waals surface area contributed by atoms with Crippen LogP contribution in [0.1, 0.15) is 30.1 Å². The molecular formula is C12H21N5. The predicted octanol–water partition coefficient (Wildman–Crippen LogP) is 0.378. The standard InChI is InChI=1S/C12H21N5/c1-16-7-4-10-11(8-16)17(15-12(10)13)9-2-5-14-6-3-9/h9,14H,2-8H2,1H3,(H2,13,15). The Morgan fingerprint density at radius 1 is 1.35 bits per heavy atom. The molecule has 3 N–H and O–H groups in total. The van der Waals surface area contributed by atoms with Gasteiger partial charge in [-0.1, -0.05) is 0 Å². The summed E-state index contributed by atoms with van der Waals surface area (Å²) in [5.74, 6) is 0.756. The van der Waals surface area contributed by atoms with Crippen LogP contribution in [-0.4, -0.2) is 41.4 Å². The van der Waals surface area contributed by atoms with Crippen LogP contribution in [0.15, 0.2) is 0 Å². The molecule has 17 heavy (non-hydrogen) atoms. The van der Waals surface area contributed by atoms with Gasteiger partial charge in [0.1, 0.15) is 5.82 Å². The maximum absolute atomic E-state index is 6.05. The number of rotatable bonds is 1. The Kier molecular flexibility index (Phi) is 2.80. The van der Waals surface area contributed by atoms with Gasteiger partial charge in [-0.2, -0.15) is 5.10 Å². The molecule has 1 aromatic rings. The summed E-state index contributed by atoms with van der Waals surface area (Å²) in [7, 11) is 2.17. The average molecular weight is 235 g/mol. The second-order valence-corrected chi connectivity index (χ2v) is 5.22. The molecule has 1 fully saturated rings. The molecule has 0 amide bonds. The number of anilines is 1. The van der Waals surface area contributed by atoms with Crippen LogP contribution < -0.4 is 11.1 Å². The van der Waals surface area contributed by atoms with Gasteiger partial charge in [-0.15, -0.1) is 0 Å². The van der Waals surface area contributed by atoms with Crippen molar-refractivity contribution in [3.63, 3.8) is 0 Å². The minimum Gasteiger partial charge on any atom is -0.382 e. The third-order valence-electron chi connectivity index (χ3n) is 3.97. The highest BCUT2D eigenvalue weighted by molar-refractivity contribution is 5.44.